The van der Waals surface area contributed by atoms with Gasteiger partial charge in [0.05, 0.1) is 0 Å². The monoisotopic (exact) mass is 322 g/mol. The zero-order valence-electron chi connectivity index (χ0n) is 14.0. The molecule has 2 atom stereocenters. The molecule has 0 heterocycles. The van der Waals surface area contributed by atoms with Crippen LogP contribution in [0.1, 0.15) is 68.7 Å². The van der Waals surface area contributed by atoms with E-state index in [9.17, 15) is 9.59 Å². The van der Waals surface area contributed by atoms with Crippen molar-refractivity contribution in [3.63, 3.8) is 0 Å². The molecule has 0 aromatic heterocycles. The van der Waals surface area contributed by atoms with Gasteiger partial charge >= 0.3 is 0 Å². The van der Waals surface area contributed by atoms with E-state index in [4.69, 9.17) is 11.5 Å². The zero-order chi connectivity index (χ0) is 17.4. The van der Waals surface area contributed by atoms with E-state index in [1.165, 1.54) is 0 Å². The number of rotatable bonds is 4. The first-order valence-corrected chi connectivity index (χ1v) is 8.26. The van der Waals surface area contributed by atoms with E-state index in [2.05, 4.69) is 0 Å². The van der Waals surface area contributed by atoms with E-state index >= 15 is 0 Å². The molecule has 4 heteroatoms. The van der Waals surface area contributed by atoms with Gasteiger partial charge in [0.25, 0.3) is 0 Å². The third-order valence-corrected chi connectivity index (χ3v) is 4.91. The van der Waals surface area contributed by atoms with Crippen molar-refractivity contribution in [2.75, 3.05) is 13.1 Å². The predicted octanol–water partition coefficient (Wildman–Crippen LogP) is 2.59. The molecule has 0 saturated heterocycles. The summed E-state index contributed by atoms with van der Waals surface area (Å²) in [6, 6.07) is 10.9. The van der Waals surface area contributed by atoms with Gasteiger partial charge in [-0.1, -0.05) is 50.2 Å². The minimum atomic E-state index is -0.100. The standard InChI is InChI=1S/C20H22N2O2/c1-11(9-21)13-5-3-7-15-17(13)20(24)18-14(12(2)10-22)6-4-8-16(18)19(15)23/h3-8,11-12H,9-10,21-22H2,1-2H3. The van der Waals surface area contributed by atoms with Crippen LogP contribution in [0.4, 0.5) is 0 Å². The Bertz CT molecular complexity index is 761. The Hall–Kier alpha value is -2.30. The van der Waals surface area contributed by atoms with Gasteiger partial charge in [0.15, 0.2) is 11.6 Å². The largest absolute Gasteiger partial charge is 0.330 e. The number of nitrogens with two attached hydrogens (primary N) is 2. The van der Waals surface area contributed by atoms with Gasteiger partial charge in [0.2, 0.25) is 0 Å². The lowest BCUT2D eigenvalue weighted by Gasteiger charge is -2.25. The molecule has 124 valence electrons. The van der Waals surface area contributed by atoms with Crippen LogP contribution in [0.25, 0.3) is 0 Å². The number of carbonyl (C=O) groups excluding carboxylic acids is 2. The predicted molar refractivity (Wildman–Crippen MR) is 94.7 cm³/mol. The second kappa shape index (κ2) is 6.30. The van der Waals surface area contributed by atoms with Gasteiger partial charge in [-0.25, -0.2) is 0 Å². The van der Waals surface area contributed by atoms with Crippen molar-refractivity contribution in [2.24, 2.45) is 11.5 Å². The summed E-state index contributed by atoms with van der Waals surface area (Å²) < 4.78 is 0. The second-order valence-electron chi connectivity index (χ2n) is 6.47. The number of fused-ring (bicyclic) bond motifs is 2. The van der Waals surface area contributed by atoms with E-state index in [-0.39, 0.29) is 23.4 Å². The van der Waals surface area contributed by atoms with Crippen LogP contribution in [0.3, 0.4) is 0 Å². The molecule has 2 aromatic carbocycles. The minimum Gasteiger partial charge on any atom is -0.330 e. The normalized spacial score (nSPS) is 15.7. The molecular formula is C20H22N2O2. The van der Waals surface area contributed by atoms with Crippen molar-refractivity contribution in [1.82, 2.24) is 0 Å². The third-order valence-electron chi connectivity index (χ3n) is 4.91. The van der Waals surface area contributed by atoms with E-state index < -0.39 is 0 Å². The molecule has 4 nitrogen and oxygen atoms in total. The molecule has 3 rings (SSSR count). The molecule has 0 amide bonds. The summed E-state index contributed by atoms with van der Waals surface area (Å²) in [6.07, 6.45) is 0. The Kier molecular flexibility index (Phi) is 4.35. The van der Waals surface area contributed by atoms with E-state index in [1.54, 1.807) is 12.1 Å². The molecule has 0 spiro atoms. The van der Waals surface area contributed by atoms with Crippen LogP contribution in [0.2, 0.25) is 0 Å². The summed E-state index contributed by atoms with van der Waals surface area (Å²) in [7, 11) is 0. The second-order valence-corrected chi connectivity index (χ2v) is 6.47. The Morgan fingerprint density at radius 2 is 1.17 bits per heavy atom. The first-order chi connectivity index (χ1) is 11.5. The summed E-state index contributed by atoms with van der Waals surface area (Å²) in [5.74, 6) is -0.169. The van der Waals surface area contributed by atoms with Gasteiger partial charge in [-0.05, 0) is 36.1 Å². The van der Waals surface area contributed by atoms with Crippen molar-refractivity contribution < 1.29 is 9.59 Å². The number of hydrogen-bond acceptors (Lipinski definition) is 4. The highest BCUT2D eigenvalue weighted by Gasteiger charge is 2.34. The molecule has 0 radical (unpaired) electrons. The Labute approximate surface area is 141 Å². The quantitative estimate of drug-likeness (QED) is 0.773. The topological polar surface area (TPSA) is 86.2 Å². The van der Waals surface area contributed by atoms with Crippen molar-refractivity contribution in [1.29, 1.82) is 0 Å². The molecule has 2 aromatic rings. The summed E-state index contributed by atoms with van der Waals surface area (Å²) >= 11 is 0. The fourth-order valence-electron chi connectivity index (χ4n) is 3.37. The van der Waals surface area contributed by atoms with Gasteiger partial charge in [-0.2, -0.15) is 0 Å². The van der Waals surface area contributed by atoms with E-state index in [0.717, 1.165) is 11.1 Å². The number of carbonyl (C=O) groups is 2. The molecule has 4 N–H and O–H groups in total. The maximum atomic E-state index is 13.3. The Morgan fingerprint density at radius 3 is 1.54 bits per heavy atom. The van der Waals surface area contributed by atoms with Crippen molar-refractivity contribution in [3.8, 4) is 0 Å². The minimum absolute atomic E-state index is 0.0114. The van der Waals surface area contributed by atoms with Crippen molar-refractivity contribution in [3.05, 3.63) is 69.8 Å². The van der Waals surface area contributed by atoms with Crippen molar-refractivity contribution in [2.45, 2.75) is 25.7 Å². The van der Waals surface area contributed by atoms with Gasteiger partial charge in [-0.3, -0.25) is 9.59 Å². The summed E-state index contributed by atoms with van der Waals surface area (Å²) in [5.41, 5.74) is 15.2. The van der Waals surface area contributed by atoms with Crippen LogP contribution >= 0.6 is 0 Å². The molecule has 1 aliphatic carbocycles. The highest BCUT2D eigenvalue weighted by molar-refractivity contribution is 6.29. The SMILES string of the molecule is CC(CN)c1cccc2c1C(=O)c1c(cccc1C(C)CN)C2=O. The molecular weight excluding hydrogens is 300 g/mol. The van der Waals surface area contributed by atoms with Crippen molar-refractivity contribution >= 4 is 11.6 Å². The lowest BCUT2D eigenvalue weighted by atomic mass is 9.76. The molecule has 24 heavy (non-hydrogen) atoms. The molecule has 1 aliphatic rings. The van der Waals surface area contributed by atoms with Crippen LogP contribution in [-0.2, 0) is 0 Å². The highest BCUT2D eigenvalue weighted by atomic mass is 16.1. The molecule has 0 fully saturated rings. The average Bonchev–Trinajstić information content (AvgIpc) is 2.63. The van der Waals surface area contributed by atoms with Gasteiger partial charge in [0.1, 0.15) is 0 Å². The number of benzene rings is 2. The highest BCUT2D eigenvalue weighted by Crippen LogP contribution is 2.35. The van der Waals surface area contributed by atoms with Gasteiger partial charge < -0.3 is 11.5 Å². The maximum absolute atomic E-state index is 13.3. The smallest absolute Gasteiger partial charge is 0.195 e. The van der Waals surface area contributed by atoms with Gasteiger partial charge in [-0.15, -0.1) is 0 Å². The Morgan fingerprint density at radius 1 is 0.750 bits per heavy atom. The summed E-state index contributed by atoms with van der Waals surface area (Å²) in [5, 5.41) is 0. The molecule has 2 unspecified atom stereocenters. The molecule has 0 bridgehead atoms. The maximum Gasteiger partial charge on any atom is 0.195 e. The average molecular weight is 322 g/mol. The lowest BCUT2D eigenvalue weighted by Crippen LogP contribution is -2.27. The molecule has 0 saturated carbocycles. The van der Waals surface area contributed by atoms with Crippen LogP contribution in [0, 0.1) is 0 Å². The lowest BCUT2D eigenvalue weighted by molar-refractivity contribution is 0.0977. The van der Waals surface area contributed by atoms with E-state index in [1.807, 2.05) is 38.1 Å². The van der Waals surface area contributed by atoms with Crippen LogP contribution in [0.15, 0.2) is 36.4 Å². The van der Waals surface area contributed by atoms with Crippen LogP contribution in [0.5, 0.6) is 0 Å². The van der Waals surface area contributed by atoms with Crippen LogP contribution < -0.4 is 11.5 Å². The van der Waals surface area contributed by atoms with Crippen LogP contribution in [-0.4, -0.2) is 24.7 Å². The summed E-state index contributed by atoms with van der Waals surface area (Å²) in [4.78, 5) is 26.3. The first-order valence-electron chi connectivity index (χ1n) is 8.26. The first kappa shape index (κ1) is 16.6. The fraction of sp³-hybridized carbons (Fsp3) is 0.300. The molecule has 0 aliphatic heterocycles. The van der Waals surface area contributed by atoms with Gasteiger partial charge in [0, 0.05) is 22.3 Å². The number of ketones is 2. The third kappa shape index (κ3) is 2.39. The summed E-state index contributed by atoms with van der Waals surface area (Å²) in [6.45, 7) is 4.78. The Balaban J connectivity index is 2.29. The fourth-order valence-corrected chi connectivity index (χ4v) is 3.37. The van der Waals surface area contributed by atoms with E-state index in [0.29, 0.717) is 35.3 Å². The number of hydrogen-bond donors (Lipinski definition) is 2. The zero-order valence-corrected chi connectivity index (χ0v) is 14.0.